The molecule has 0 spiro atoms. The standard InChI is InChI=1S/C10H20O2.HNO3/c1-2-3-4-5-6-7-8-9-10(11)12;2-1(3)4/h2-9H2,1H3,(H,11,12);(H,2,3,4). The summed E-state index contributed by atoms with van der Waals surface area (Å²) in [4.78, 5) is 18.5. The molecule has 0 radical (unpaired) electrons. The summed E-state index contributed by atoms with van der Waals surface area (Å²) >= 11 is 0. The minimum absolute atomic E-state index is 0.341. The number of hydrogen-bond acceptors (Lipinski definition) is 3. The zero-order valence-electron chi connectivity index (χ0n) is 9.72. The molecule has 0 unspecified atom stereocenters. The summed E-state index contributed by atoms with van der Waals surface area (Å²) in [6.45, 7) is 2.20. The Labute approximate surface area is 95.4 Å². The van der Waals surface area contributed by atoms with E-state index in [9.17, 15) is 4.79 Å². The van der Waals surface area contributed by atoms with Crippen molar-refractivity contribution in [1.82, 2.24) is 0 Å². The lowest BCUT2D eigenvalue weighted by molar-refractivity contribution is -0.742. The van der Waals surface area contributed by atoms with Crippen LogP contribution < -0.4 is 0 Å². The molecular formula is C10H21NO5. The van der Waals surface area contributed by atoms with Crippen LogP contribution in [0.1, 0.15) is 58.3 Å². The molecule has 0 fully saturated rings. The van der Waals surface area contributed by atoms with Gasteiger partial charge in [-0.15, -0.1) is 10.1 Å². The van der Waals surface area contributed by atoms with Crippen LogP contribution in [0.2, 0.25) is 0 Å². The number of carboxylic acids is 1. The zero-order valence-corrected chi connectivity index (χ0v) is 9.72. The fourth-order valence-corrected chi connectivity index (χ4v) is 1.23. The number of rotatable bonds is 8. The minimum Gasteiger partial charge on any atom is -0.481 e. The predicted molar refractivity (Wildman–Crippen MR) is 59.0 cm³/mol. The highest BCUT2D eigenvalue weighted by atomic mass is 16.9. The average Bonchev–Trinajstić information content (AvgIpc) is 2.15. The molecule has 6 nitrogen and oxygen atoms in total. The Balaban J connectivity index is 0. The number of aliphatic carboxylic acids is 1. The number of carbonyl (C=O) groups is 1. The van der Waals surface area contributed by atoms with Gasteiger partial charge in [0.15, 0.2) is 0 Å². The van der Waals surface area contributed by atoms with Crippen LogP contribution in [0.5, 0.6) is 0 Å². The first kappa shape index (κ1) is 17.1. The van der Waals surface area contributed by atoms with Gasteiger partial charge in [-0.1, -0.05) is 45.4 Å². The van der Waals surface area contributed by atoms with Crippen molar-refractivity contribution in [3.05, 3.63) is 10.1 Å². The molecule has 0 atom stereocenters. The van der Waals surface area contributed by atoms with Gasteiger partial charge in [-0.25, -0.2) is 0 Å². The van der Waals surface area contributed by atoms with Crippen molar-refractivity contribution in [2.45, 2.75) is 58.3 Å². The van der Waals surface area contributed by atoms with Crippen molar-refractivity contribution in [3.8, 4) is 0 Å². The SMILES string of the molecule is CCCCCCCCCC(=O)O.O=[N+]([O-])O. The Bertz CT molecular complexity index is 180. The first-order valence-corrected chi connectivity index (χ1v) is 5.55. The molecule has 0 aromatic rings. The van der Waals surface area contributed by atoms with Crippen LogP contribution in [0.15, 0.2) is 0 Å². The molecule has 0 bridgehead atoms. The molecule has 96 valence electrons. The maximum absolute atomic E-state index is 10.1. The van der Waals surface area contributed by atoms with Gasteiger partial charge < -0.3 is 10.3 Å². The van der Waals surface area contributed by atoms with E-state index >= 15 is 0 Å². The van der Waals surface area contributed by atoms with E-state index in [4.69, 9.17) is 20.4 Å². The monoisotopic (exact) mass is 235 g/mol. The third-order valence-electron chi connectivity index (χ3n) is 1.99. The largest absolute Gasteiger partial charge is 0.481 e. The fraction of sp³-hybridized carbons (Fsp3) is 0.900. The van der Waals surface area contributed by atoms with E-state index < -0.39 is 11.1 Å². The number of nitrogens with zero attached hydrogens (tertiary/aromatic N) is 1. The van der Waals surface area contributed by atoms with E-state index in [1.165, 1.54) is 32.1 Å². The van der Waals surface area contributed by atoms with Crippen molar-refractivity contribution < 1.29 is 20.2 Å². The fourth-order valence-electron chi connectivity index (χ4n) is 1.23. The molecule has 2 N–H and O–H groups in total. The Hall–Kier alpha value is -1.33. The van der Waals surface area contributed by atoms with Gasteiger partial charge in [-0.3, -0.25) is 4.79 Å². The van der Waals surface area contributed by atoms with Gasteiger partial charge >= 0.3 is 5.97 Å². The smallest absolute Gasteiger partial charge is 0.303 e. The molecule has 0 amide bonds. The van der Waals surface area contributed by atoms with Gasteiger partial charge in [0.2, 0.25) is 0 Å². The Kier molecular flexibility index (Phi) is 14.6. The molecule has 0 saturated carbocycles. The maximum atomic E-state index is 10.1. The number of carboxylic acid groups (broad SMARTS) is 1. The first-order chi connectivity index (χ1) is 7.50. The highest BCUT2D eigenvalue weighted by Gasteiger charge is 1.95. The highest BCUT2D eigenvalue weighted by molar-refractivity contribution is 5.66. The van der Waals surface area contributed by atoms with Crippen LogP contribution in [-0.4, -0.2) is 21.4 Å². The lowest BCUT2D eigenvalue weighted by Gasteiger charge is -1.98. The number of unbranched alkanes of at least 4 members (excludes halogenated alkanes) is 6. The second-order valence-electron chi connectivity index (χ2n) is 3.50. The van der Waals surface area contributed by atoms with E-state index in [-0.39, 0.29) is 0 Å². The lowest BCUT2D eigenvalue weighted by Crippen LogP contribution is -1.93. The molecule has 6 heteroatoms. The molecular weight excluding hydrogens is 214 g/mol. The average molecular weight is 235 g/mol. The van der Waals surface area contributed by atoms with Crippen molar-refractivity contribution in [2.75, 3.05) is 0 Å². The Morgan fingerprint density at radius 1 is 1.12 bits per heavy atom. The first-order valence-electron chi connectivity index (χ1n) is 5.55. The van der Waals surface area contributed by atoms with Gasteiger partial charge in [0.05, 0.1) is 0 Å². The molecule has 0 aromatic heterocycles. The second-order valence-corrected chi connectivity index (χ2v) is 3.50. The van der Waals surface area contributed by atoms with Crippen molar-refractivity contribution >= 4 is 5.97 Å². The van der Waals surface area contributed by atoms with E-state index in [1.54, 1.807) is 0 Å². The molecule has 0 aliphatic carbocycles. The van der Waals surface area contributed by atoms with Gasteiger partial charge in [0.25, 0.3) is 5.09 Å². The molecule has 0 aliphatic heterocycles. The van der Waals surface area contributed by atoms with E-state index in [0.717, 1.165) is 12.8 Å². The highest BCUT2D eigenvalue weighted by Crippen LogP contribution is 2.07. The van der Waals surface area contributed by atoms with Gasteiger partial charge in [0, 0.05) is 6.42 Å². The van der Waals surface area contributed by atoms with E-state index in [1.807, 2.05) is 0 Å². The van der Waals surface area contributed by atoms with Crippen molar-refractivity contribution in [1.29, 1.82) is 0 Å². The van der Waals surface area contributed by atoms with Crippen LogP contribution in [-0.2, 0) is 4.79 Å². The van der Waals surface area contributed by atoms with Crippen LogP contribution >= 0.6 is 0 Å². The van der Waals surface area contributed by atoms with E-state index in [0.29, 0.717) is 6.42 Å². The summed E-state index contributed by atoms with van der Waals surface area (Å²) in [5.74, 6) is -0.663. The maximum Gasteiger partial charge on any atom is 0.303 e. The summed E-state index contributed by atoms with van der Waals surface area (Å²) in [5, 5.41) is 22.0. The predicted octanol–water partition coefficient (Wildman–Crippen LogP) is 2.86. The van der Waals surface area contributed by atoms with Gasteiger partial charge in [0.1, 0.15) is 0 Å². The van der Waals surface area contributed by atoms with Crippen LogP contribution in [0.25, 0.3) is 0 Å². The zero-order chi connectivity index (χ0) is 12.8. The molecule has 0 heterocycles. The summed E-state index contributed by atoms with van der Waals surface area (Å²) < 4.78 is 0. The third-order valence-corrected chi connectivity index (χ3v) is 1.99. The summed E-state index contributed by atoms with van der Waals surface area (Å²) in [7, 11) is 0. The summed E-state index contributed by atoms with van der Waals surface area (Å²) in [6, 6.07) is 0. The van der Waals surface area contributed by atoms with Crippen LogP contribution in [0, 0.1) is 10.1 Å². The molecule has 0 aliphatic rings. The molecule has 0 saturated heterocycles. The topological polar surface area (TPSA) is 101 Å². The molecule has 0 aromatic carbocycles. The van der Waals surface area contributed by atoms with Crippen molar-refractivity contribution in [3.63, 3.8) is 0 Å². The van der Waals surface area contributed by atoms with Crippen molar-refractivity contribution in [2.24, 2.45) is 0 Å². The summed E-state index contributed by atoms with van der Waals surface area (Å²) in [6.07, 6.45) is 8.64. The van der Waals surface area contributed by atoms with Gasteiger partial charge in [-0.05, 0) is 6.42 Å². The molecule has 16 heavy (non-hydrogen) atoms. The van der Waals surface area contributed by atoms with Crippen LogP contribution in [0.3, 0.4) is 0 Å². The lowest BCUT2D eigenvalue weighted by atomic mass is 10.1. The molecule has 0 rings (SSSR count). The number of hydrogen-bond donors (Lipinski definition) is 2. The summed E-state index contributed by atoms with van der Waals surface area (Å²) in [5.41, 5.74) is 0. The van der Waals surface area contributed by atoms with Crippen LogP contribution in [0.4, 0.5) is 0 Å². The minimum atomic E-state index is -1.50. The third kappa shape index (κ3) is 29.3. The normalized spacial score (nSPS) is 9.06. The van der Waals surface area contributed by atoms with E-state index in [2.05, 4.69) is 6.92 Å². The second kappa shape index (κ2) is 13.7. The van der Waals surface area contributed by atoms with Gasteiger partial charge in [-0.2, -0.15) is 0 Å². The quantitative estimate of drug-likeness (QED) is 0.382. The Morgan fingerprint density at radius 3 is 1.88 bits per heavy atom. The Morgan fingerprint density at radius 2 is 1.50 bits per heavy atom.